The number of nitrogens with one attached hydrogen (secondary N) is 2. The first kappa shape index (κ1) is 15.8. The highest BCUT2D eigenvalue weighted by Gasteiger charge is 2.21. The molecule has 116 valence electrons. The second-order valence-electron chi connectivity index (χ2n) is 6.22. The van der Waals surface area contributed by atoms with E-state index in [1.165, 1.54) is 12.8 Å². The lowest BCUT2D eigenvalue weighted by atomic mass is 9.96. The summed E-state index contributed by atoms with van der Waals surface area (Å²) in [6, 6.07) is 8.36. The number of aryl methyl sites for hydroxylation is 1. The highest BCUT2D eigenvalue weighted by molar-refractivity contribution is 5.89. The summed E-state index contributed by atoms with van der Waals surface area (Å²) in [7, 11) is 0. The van der Waals surface area contributed by atoms with Crippen LogP contribution >= 0.6 is 0 Å². The van der Waals surface area contributed by atoms with Crippen LogP contribution in [0.4, 0.5) is 10.5 Å². The molecule has 0 radical (unpaired) electrons. The minimum Gasteiger partial charge on any atom is -0.338 e. The second-order valence-corrected chi connectivity index (χ2v) is 6.22. The van der Waals surface area contributed by atoms with Crippen molar-refractivity contribution < 1.29 is 4.79 Å². The van der Waals surface area contributed by atoms with Gasteiger partial charge in [-0.2, -0.15) is 0 Å². The number of nitrogens with zero attached hydrogens (tertiary/aromatic N) is 1. The number of anilines is 1. The molecule has 2 N–H and O–H groups in total. The van der Waals surface area contributed by atoms with Crippen molar-refractivity contribution in [3.63, 3.8) is 0 Å². The van der Waals surface area contributed by atoms with Gasteiger partial charge in [0.2, 0.25) is 0 Å². The van der Waals surface area contributed by atoms with E-state index in [-0.39, 0.29) is 6.03 Å². The number of benzene rings is 1. The molecule has 2 amide bonds. The fourth-order valence-corrected chi connectivity index (χ4v) is 2.79. The molecule has 0 saturated carbocycles. The standard InChI is InChI=1S/C17H27N3O/c1-13(2)20-10-8-15(9-11-20)12-18-17(21)19-16-7-5-4-6-14(16)3/h4-7,13,15H,8-12H2,1-3H3,(H2,18,19,21). The van der Waals surface area contributed by atoms with Crippen molar-refractivity contribution in [1.82, 2.24) is 10.2 Å². The predicted molar refractivity (Wildman–Crippen MR) is 87.6 cm³/mol. The Kier molecular flexibility index (Phi) is 5.62. The number of rotatable bonds is 4. The van der Waals surface area contributed by atoms with E-state index in [2.05, 4.69) is 29.4 Å². The highest BCUT2D eigenvalue weighted by atomic mass is 16.2. The average Bonchev–Trinajstić information content (AvgIpc) is 2.48. The van der Waals surface area contributed by atoms with Crippen LogP contribution in [0.25, 0.3) is 0 Å². The van der Waals surface area contributed by atoms with Crippen LogP contribution in [-0.4, -0.2) is 36.6 Å². The lowest BCUT2D eigenvalue weighted by Gasteiger charge is -2.34. The first-order valence-electron chi connectivity index (χ1n) is 7.91. The van der Waals surface area contributed by atoms with Crippen LogP contribution < -0.4 is 10.6 Å². The summed E-state index contributed by atoms with van der Waals surface area (Å²) in [6.45, 7) is 9.54. The van der Waals surface area contributed by atoms with E-state index in [0.29, 0.717) is 12.0 Å². The topological polar surface area (TPSA) is 44.4 Å². The number of carbonyl (C=O) groups excluding carboxylic acids is 1. The third-order valence-electron chi connectivity index (χ3n) is 4.32. The summed E-state index contributed by atoms with van der Waals surface area (Å²) in [6.07, 6.45) is 2.34. The summed E-state index contributed by atoms with van der Waals surface area (Å²) in [5.74, 6) is 0.600. The van der Waals surface area contributed by atoms with Gasteiger partial charge in [0.05, 0.1) is 0 Å². The van der Waals surface area contributed by atoms with Crippen molar-refractivity contribution in [1.29, 1.82) is 0 Å². The summed E-state index contributed by atoms with van der Waals surface area (Å²) in [4.78, 5) is 14.5. The van der Waals surface area contributed by atoms with Crippen molar-refractivity contribution in [2.75, 3.05) is 25.0 Å². The van der Waals surface area contributed by atoms with Crippen molar-refractivity contribution in [3.05, 3.63) is 29.8 Å². The normalized spacial score (nSPS) is 17.0. The molecule has 4 nitrogen and oxygen atoms in total. The van der Waals surface area contributed by atoms with Crippen LogP contribution in [0.1, 0.15) is 32.3 Å². The summed E-state index contributed by atoms with van der Waals surface area (Å²) >= 11 is 0. The van der Waals surface area contributed by atoms with E-state index < -0.39 is 0 Å². The van der Waals surface area contributed by atoms with Gasteiger partial charge in [0.1, 0.15) is 0 Å². The molecule has 1 aromatic rings. The number of hydrogen-bond acceptors (Lipinski definition) is 2. The largest absolute Gasteiger partial charge is 0.338 e. The molecule has 1 aliphatic rings. The van der Waals surface area contributed by atoms with Crippen molar-refractivity contribution in [2.45, 2.75) is 39.7 Å². The van der Waals surface area contributed by atoms with Gasteiger partial charge >= 0.3 is 6.03 Å². The fraction of sp³-hybridized carbons (Fsp3) is 0.588. The number of likely N-dealkylation sites (tertiary alicyclic amines) is 1. The Balaban J connectivity index is 1.72. The first-order chi connectivity index (χ1) is 10.1. The maximum absolute atomic E-state index is 11.9. The lowest BCUT2D eigenvalue weighted by molar-refractivity contribution is 0.149. The SMILES string of the molecule is Cc1ccccc1NC(=O)NCC1CCN(C(C)C)CC1. The number of para-hydroxylation sites is 1. The molecule has 0 aromatic heterocycles. The van der Waals surface area contributed by atoms with Gasteiger partial charge in [-0.3, -0.25) is 0 Å². The van der Waals surface area contributed by atoms with Gasteiger partial charge in [0.15, 0.2) is 0 Å². The minimum atomic E-state index is -0.101. The Morgan fingerprint density at radius 1 is 1.29 bits per heavy atom. The summed E-state index contributed by atoms with van der Waals surface area (Å²) in [5.41, 5.74) is 1.96. The molecular weight excluding hydrogens is 262 g/mol. The maximum Gasteiger partial charge on any atom is 0.319 e. The van der Waals surface area contributed by atoms with E-state index in [1.54, 1.807) is 0 Å². The molecule has 0 bridgehead atoms. The molecule has 0 atom stereocenters. The predicted octanol–water partition coefficient (Wildman–Crippen LogP) is 3.24. The molecule has 2 rings (SSSR count). The van der Waals surface area contributed by atoms with Gasteiger partial charge < -0.3 is 15.5 Å². The highest BCUT2D eigenvalue weighted by Crippen LogP contribution is 2.18. The number of amides is 2. The minimum absolute atomic E-state index is 0.101. The monoisotopic (exact) mass is 289 g/mol. The van der Waals surface area contributed by atoms with E-state index in [0.717, 1.165) is 30.9 Å². The van der Waals surface area contributed by atoms with Crippen molar-refractivity contribution in [3.8, 4) is 0 Å². The molecular formula is C17H27N3O. The summed E-state index contributed by atoms with van der Waals surface area (Å²) < 4.78 is 0. The molecule has 1 fully saturated rings. The molecule has 4 heteroatoms. The van der Waals surface area contributed by atoms with Gasteiger partial charge in [0, 0.05) is 18.3 Å². The van der Waals surface area contributed by atoms with E-state index in [1.807, 2.05) is 31.2 Å². The van der Waals surface area contributed by atoms with E-state index in [4.69, 9.17) is 0 Å². The third kappa shape index (κ3) is 4.74. The quantitative estimate of drug-likeness (QED) is 0.893. The van der Waals surface area contributed by atoms with Gasteiger partial charge in [-0.15, -0.1) is 0 Å². The first-order valence-corrected chi connectivity index (χ1v) is 7.91. The van der Waals surface area contributed by atoms with Gasteiger partial charge in [-0.05, 0) is 64.3 Å². The Morgan fingerprint density at radius 2 is 1.95 bits per heavy atom. The van der Waals surface area contributed by atoms with Crippen molar-refractivity contribution in [2.24, 2.45) is 5.92 Å². The maximum atomic E-state index is 11.9. The average molecular weight is 289 g/mol. The number of hydrogen-bond donors (Lipinski definition) is 2. The number of urea groups is 1. The van der Waals surface area contributed by atoms with Crippen LogP contribution in [0, 0.1) is 12.8 Å². The fourth-order valence-electron chi connectivity index (χ4n) is 2.79. The molecule has 1 saturated heterocycles. The van der Waals surface area contributed by atoms with Crippen LogP contribution in [0.15, 0.2) is 24.3 Å². The van der Waals surface area contributed by atoms with Crippen LogP contribution in [-0.2, 0) is 0 Å². The van der Waals surface area contributed by atoms with Gasteiger partial charge in [-0.25, -0.2) is 4.79 Å². The molecule has 0 aliphatic carbocycles. The van der Waals surface area contributed by atoms with Crippen LogP contribution in [0.2, 0.25) is 0 Å². The molecule has 1 aromatic carbocycles. The molecule has 1 heterocycles. The Morgan fingerprint density at radius 3 is 2.57 bits per heavy atom. The van der Waals surface area contributed by atoms with Crippen LogP contribution in [0.5, 0.6) is 0 Å². The Labute approximate surface area is 127 Å². The third-order valence-corrected chi connectivity index (χ3v) is 4.32. The van der Waals surface area contributed by atoms with E-state index in [9.17, 15) is 4.79 Å². The van der Waals surface area contributed by atoms with Crippen LogP contribution in [0.3, 0.4) is 0 Å². The van der Waals surface area contributed by atoms with Crippen molar-refractivity contribution >= 4 is 11.7 Å². The second kappa shape index (κ2) is 7.46. The zero-order valence-electron chi connectivity index (χ0n) is 13.4. The Hall–Kier alpha value is -1.55. The molecule has 21 heavy (non-hydrogen) atoms. The molecule has 0 unspecified atom stereocenters. The summed E-state index contributed by atoms with van der Waals surface area (Å²) in [5, 5.41) is 5.92. The zero-order chi connectivity index (χ0) is 15.2. The molecule has 0 spiro atoms. The Bertz CT molecular complexity index is 465. The number of carbonyl (C=O) groups is 1. The lowest BCUT2D eigenvalue weighted by Crippen LogP contribution is -2.42. The van der Waals surface area contributed by atoms with Gasteiger partial charge in [-0.1, -0.05) is 18.2 Å². The van der Waals surface area contributed by atoms with E-state index >= 15 is 0 Å². The number of piperidine rings is 1. The molecule has 1 aliphatic heterocycles. The smallest absolute Gasteiger partial charge is 0.319 e. The van der Waals surface area contributed by atoms with Gasteiger partial charge in [0.25, 0.3) is 0 Å². The zero-order valence-corrected chi connectivity index (χ0v) is 13.4.